The van der Waals surface area contributed by atoms with E-state index in [1.165, 1.54) is 4.90 Å². The van der Waals surface area contributed by atoms with Crippen molar-refractivity contribution in [1.29, 1.82) is 0 Å². The number of hydrogen-bond donors (Lipinski definition) is 1. The first-order valence-corrected chi connectivity index (χ1v) is 7.51. The molecule has 1 amide bonds. The van der Waals surface area contributed by atoms with Gasteiger partial charge in [-0.2, -0.15) is 0 Å². The van der Waals surface area contributed by atoms with E-state index >= 15 is 0 Å². The Bertz CT molecular complexity index is 521. The summed E-state index contributed by atoms with van der Waals surface area (Å²) in [4.78, 5) is 14.0. The van der Waals surface area contributed by atoms with E-state index in [9.17, 15) is 9.90 Å². The van der Waals surface area contributed by atoms with E-state index in [-0.39, 0.29) is 6.61 Å². The highest BCUT2D eigenvalue weighted by Crippen LogP contribution is 2.35. The second-order valence-electron chi connectivity index (χ2n) is 7.03. The summed E-state index contributed by atoms with van der Waals surface area (Å²) in [6.07, 6.45) is -1.30. The Morgan fingerprint density at radius 2 is 1.95 bits per heavy atom. The highest BCUT2D eigenvalue weighted by Gasteiger charge is 2.48. The summed E-state index contributed by atoms with van der Waals surface area (Å²) in [6, 6.07) is 8.80. The molecular weight excluding hydrogens is 282 g/mol. The van der Waals surface area contributed by atoms with Gasteiger partial charge in [-0.05, 0) is 40.2 Å². The molecule has 1 aliphatic rings. The first-order chi connectivity index (χ1) is 10.1. The Morgan fingerprint density at radius 3 is 2.50 bits per heavy atom. The first kappa shape index (κ1) is 16.8. The standard InChI is InChI=1S/C17H25NO4/c1-16(2,3)22-15(20)18-13(11-21-17(18,4)5)14(19)12-9-7-6-8-10-12/h6-10,13-14,19H,11H2,1-5H3/t13-,14+/m0/s1. The van der Waals surface area contributed by atoms with Gasteiger partial charge in [0.1, 0.15) is 17.4 Å². The van der Waals surface area contributed by atoms with Crippen LogP contribution in [0.2, 0.25) is 0 Å². The Labute approximate surface area is 131 Å². The van der Waals surface area contributed by atoms with Crippen molar-refractivity contribution in [3.8, 4) is 0 Å². The highest BCUT2D eigenvalue weighted by atomic mass is 16.6. The first-order valence-electron chi connectivity index (χ1n) is 7.51. The van der Waals surface area contributed by atoms with E-state index in [0.29, 0.717) is 0 Å². The molecule has 1 aromatic rings. The maximum atomic E-state index is 12.5. The van der Waals surface area contributed by atoms with Crippen molar-refractivity contribution in [2.75, 3.05) is 6.61 Å². The zero-order valence-electron chi connectivity index (χ0n) is 13.9. The van der Waals surface area contributed by atoms with Gasteiger partial charge >= 0.3 is 6.09 Å². The van der Waals surface area contributed by atoms with Crippen molar-refractivity contribution in [3.63, 3.8) is 0 Å². The lowest BCUT2D eigenvalue weighted by Crippen LogP contribution is -2.51. The zero-order valence-corrected chi connectivity index (χ0v) is 13.9. The molecule has 0 unspecified atom stereocenters. The third-order valence-electron chi connectivity index (χ3n) is 3.61. The smallest absolute Gasteiger partial charge is 0.413 e. The van der Waals surface area contributed by atoms with Crippen LogP contribution in [-0.4, -0.2) is 40.1 Å². The Hall–Kier alpha value is -1.59. The maximum absolute atomic E-state index is 12.5. The van der Waals surface area contributed by atoms with Crippen molar-refractivity contribution < 1.29 is 19.4 Å². The Morgan fingerprint density at radius 1 is 1.36 bits per heavy atom. The van der Waals surface area contributed by atoms with E-state index < -0.39 is 29.6 Å². The summed E-state index contributed by atoms with van der Waals surface area (Å²) in [5.41, 5.74) is -0.664. The molecule has 122 valence electrons. The minimum absolute atomic E-state index is 0.266. The minimum atomic E-state index is -0.824. The number of amides is 1. The largest absolute Gasteiger partial charge is 0.444 e. The van der Waals surface area contributed by atoms with E-state index in [0.717, 1.165) is 5.56 Å². The third-order valence-corrected chi connectivity index (χ3v) is 3.61. The summed E-state index contributed by atoms with van der Waals surface area (Å²) >= 11 is 0. The van der Waals surface area contributed by atoms with Crippen molar-refractivity contribution in [2.45, 2.75) is 58.1 Å². The second kappa shape index (κ2) is 5.89. The molecule has 5 heteroatoms. The molecule has 0 saturated carbocycles. The molecule has 0 bridgehead atoms. The quantitative estimate of drug-likeness (QED) is 0.912. The molecule has 0 aliphatic carbocycles. The SMILES string of the molecule is CC(C)(C)OC(=O)N1[C@H]([C@H](O)c2ccccc2)COC1(C)C. The van der Waals surface area contributed by atoms with Gasteiger partial charge in [0.05, 0.1) is 12.6 Å². The number of hydrogen-bond acceptors (Lipinski definition) is 4. The molecule has 1 saturated heterocycles. The Kier molecular flexibility index (Phi) is 4.49. The average Bonchev–Trinajstić information content (AvgIpc) is 2.72. The van der Waals surface area contributed by atoms with Gasteiger partial charge in [0.2, 0.25) is 0 Å². The average molecular weight is 307 g/mol. The van der Waals surface area contributed by atoms with Gasteiger partial charge in [0.15, 0.2) is 0 Å². The molecule has 2 atom stereocenters. The number of benzene rings is 1. The molecular formula is C17H25NO4. The van der Waals surface area contributed by atoms with E-state index in [1.54, 1.807) is 13.8 Å². The van der Waals surface area contributed by atoms with Crippen LogP contribution < -0.4 is 0 Å². The van der Waals surface area contributed by atoms with Gasteiger partial charge in [-0.25, -0.2) is 4.79 Å². The van der Waals surface area contributed by atoms with Crippen molar-refractivity contribution in [1.82, 2.24) is 4.90 Å². The van der Waals surface area contributed by atoms with E-state index in [4.69, 9.17) is 9.47 Å². The van der Waals surface area contributed by atoms with E-state index in [1.807, 2.05) is 51.1 Å². The fraction of sp³-hybridized carbons (Fsp3) is 0.588. The fourth-order valence-corrected chi connectivity index (χ4v) is 2.60. The van der Waals surface area contributed by atoms with Crippen LogP contribution in [0.4, 0.5) is 4.79 Å². The number of carbonyl (C=O) groups is 1. The van der Waals surface area contributed by atoms with Crippen LogP contribution in [0, 0.1) is 0 Å². The van der Waals surface area contributed by atoms with Gasteiger partial charge in [-0.1, -0.05) is 30.3 Å². The zero-order chi connectivity index (χ0) is 16.5. The number of ether oxygens (including phenoxy) is 2. The second-order valence-corrected chi connectivity index (χ2v) is 7.03. The van der Waals surface area contributed by atoms with Crippen LogP contribution in [0.5, 0.6) is 0 Å². The van der Waals surface area contributed by atoms with Gasteiger partial charge in [0, 0.05) is 0 Å². The summed E-state index contributed by atoms with van der Waals surface area (Å²) < 4.78 is 11.2. The number of carbonyl (C=O) groups excluding carboxylic acids is 1. The molecule has 0 radical (unpaired) electrons. The predicted molar refractivity (Wildman–Crippen MR) is 83.3 cm³/mol. The third kappa shape index (κ3) is 3.59. The maximum Gasteiger partial charge on any atom is 0.413 e. The van der Waals surface area contributed by atoms with Crippen LogP contribution >= 0.6 is 0 Å². The number of rotatable bonds is 2. The molecule has 0 aromatic heterocycles. The summed E-state index contributed by atoms with van der Waals surface area (Å²) in [7, 11) is 0. The molecule has 1 fully saturated rings. The lowest BCUT2D eigenvalue weighted by atomic mass is 10.0. The van der Waals surface area contributed by atoms with Gasteiger partial charge in [0.25, 0.3) is 0 Å². The van der Waals surface area contributed by atoms with Crippen LogP contribution in [-0.2, 0) is 9.47 Å². The van der Waals surface area contributed by atoms with Crippen molar-refractivity contribution in [3.05, 3.63) is 35.9 Å². The highest BCUT2D eigenvalue weighted by molar-refractivity contribution is 5.70. The Balaban J connectivity index is 2.25. The van der Waals surface area contributed by atoms with Gasteiger partial charge in [-0.15, -0.1) is 0 Å². The number of aliphatic hydroxyl groups is 1. The van der Waals surface area contributed by atoms with Gasteiger partial charge < -0.3 is 14.6 Å². The molecule has 1 N–H and O–H groups in total. The lowest BCUT2D eigenvalue weighted by Gasteiger charge is -2.36. The number of nitrogens with zero attached hydrogens (tertiary/aromatic N) is 1. The van der Waals surface area contributed by atoms with Crippen LogP contribution in [0.25, 0.3) is 0 Å². The predicted octanol–water partition coefficient (Wildman–Crippen LogP) is 3.09. The molecule has 1 aromatic carbocycles. The summed E-state index contributed by atoms with van der Waals surface area (Å²) in [6.45, 7) is 9.32. The van der Waals surface area contributed by atoms with Crippen molar-refractivity contribution in [2.24, 2.45) is 0 Å². The molecule has 5 nitrogen and oxygen atoms in total. The van der Waals surface area contributed by atoms with E-state index in [2.05, 4.69) is 0 Å². The fourth-order valence-electron chi connectivity index (χ4n) is 2.60. The monoisotopic (exact) mass is 307 g/mol. The minimum Gasteiger partial charge on any atom is -0.444 e. The summed E-state index contributed by atoms with van der Waals surface area (Å²) in [5, 5.41) is 10.6. The normalized spacial score (nSPS) is 22.5. The molecule has 22 heavy (non-hydrogen) atoms. The molecule has 1 aliphatic heterocycles. The lowest BCUT2D eigenvalue weighted by molar-refractivity contribution is -0.0679. The van der Waals surface area contributed by atoms with Gasteiger partial charge in [-0.3, -0.25) is 4.90 Å². The number of aliphatic hydroxyl groups excluding tert-OH is 1. The molecule has 1 heterocycles. The summed E-state index contributed by atoms with van der Waals surface area (Å²) in [5.74, 6) is 0. The topological polar surface area (TPSA) is 59.0 Å². The molecule has 0 spiro atoms. The van der Waals surface area contributed by atoms with Crippen LogP contribution in [0.1, 0.15) is 46.3 Å². The van der Waals surface area contributed by atoms with Crippen LogP contribution in [0.15, 0.2) is 30.3 Å². The van der Waals surface area contributed by atoms with Crippen LogP contribution in [0.3, 0.4) is 0 Å². The van der Waals surface area contributed by atoms with Crippen molar-refractivity contribution >= 4 is 6.09 Å². The molecule has 2 rings (SSSR count).